The van der Waals surface area contributed by atoms with Crippen LogP contribution in [-0.4, -0.2) is 70.0 Å². The quantitative estimate of drug-likeness (QED) is 0.0195. The lowest BCUT2D eigenvalue weighted by Gasteiger charge is -2.28. The summed E-state index contributed by atoms with van der Waals surface area (Å²) in [5.41, 5.74) is 0. The van der Waals surface area contributed by atoms with E-state index in [9.17, 15) is 19.0 Å². The molecule has 0 aromatic heterocycles. The van der Waals surface area contributed by atoms with Crippen LogP contribution < -0.4 is 4.89 Å². The molecule has 0 aromatic carbocycles. The van der Waals surface area contributed by atoms with Gasteiger partial charge in [0.1, 0.15) is 19.8 Å². The Morgan fingerprint density at radius 3 is 1.19 bits per heavy atom. The molecule has 2 unspecified atom stereocenters. The highest BCUT2D eigenvalue weighted by Gasteiger charge is 2.22. The Labute approximate surface area is 445 Å². The van der Waals surface area contributed by atoms with Crippen LogP contribution in [0.2, 0.25) is 0 Å². The lowest BCUT2D eigenvalue weighted by molar-refractivity contribution is -0.870. The molecule has 10 heteroatoms. The van der Waals surface area contributed by atoms with Gasteiger partial charge in [0, 0.05) is 12.8 Å². The van der Waals surface area contributed by atoms with E-state index in [1.165, 1.54) is 154 Å². The number of nitrogens with zero attached hydrogens (tertiary/aromatic N) is 1. The monoisotopic (exact) mass is 1030 g/mol. The summed E-state index contributed by atoms with van der Waals surface area (Å²) in [4.78, 5) is 37.8. The number of carbonyl (C=O) groups excluding carboxylic acids is 2. The zero-order valence-electron chi connectivity index (χ0n) is 47.6. The molecular formula is C62H114NO8P. The molecular weight excluding hydrogens is 918 g/mol. The van der Waals surface area contributed by atoms with E-state index in [0.717, 1.165) is 83.5 Å². The molecule has 0 aliphatic heterocycles. The highest BCUT2D eigenvalue weighted by molar-refractivity contribution is 7.45. The van der Waals surface area contributed by atoms with Crippen LogP contribution in [-0.2, 0) is 32.7 Å². The highest BCUT2D eigenvalue weighted by Crippen LogP contribution is 2.38. The standard InChI is InChI=1S/C62H114NO8P/c1-6-8-10-12-14-16-18-20-22-23-24-25-26-27-28-29-30-31-32-33-34-35-36-37-38-39-41-43-45-47-49-51-53-55-62(65)71-60(59-70-72(66,67)69-57-56-63(3,4)5)58-68-61(64)54-52-50-48-46-44-42-40-21-19-17-15-13-11-9-7-2/h8,10,14,16,20-22,24-25,40,60H,6-7,9,11-13,15,17-19,23,26-39,41-59H2,1-5H3/b10-8-,16-14-,22-20-,25-24-,40-21-. The first kappa shape index (κ1) is 69.7. The van der Waals surface area contributed by atoms with Crippen molar-refractivity contribution in [1.82, 2.24) is 0 Å². The number of phosphoric acid groups is 1. The number of hydrogen-bond acceptors (Lipinski definition) is 8. The molecule has 72 heavy (non-hydrogen) atoms. The van der Waals surface area contributed by atoms with E-state index in [-0.39, 0.29) is 32.0 Å². The van der Waals surface area contributed by atoms with Crippen molar-refractivity contribution in [2.75, 3.05) is 47.5 Å². The van der Waals surface area contributed by atoms with Crippen molar-refractivity contribution in [3.8, 4) is 0 Å². The van der Waals surface area contributed by atoms with E-state index in [0.29, 0.717) is 17.4 Å². The molecule has 2 atom stereocenters. The smallest absolute Gasteiger partial charge is 0.306 e. The third-order valence-corrected chi connectivity index (χ3v) is 14.0. The van der Waals surface area contributed by atoms with Crippen molar-refractivity contribution in [3.63, 3.8) is 0 Å². The molecule has 0 radical (unpaired) electrons. The van der Waals surface area contributed by atoms with E-state index < -0.39 is 26.5 Å². The Balaban J connectivity index is 4.02. The number of phosphoric ester groups is 1. The minimum atomic E-state index is -4.63. The van der Waals surface area contributed by atoms with Gasteiger partial charge in [0.2, 0.25) is 0 Å². The van der Waals surface area contributed by atoms with Crippen LogP contribution in [0.15, 0.2) is 60.8 Å². The van der Waals surface area contributed by atoms with E-state index in [4.69, 9.17) is 18.5 Å². The lowest BCUT2D eigenvalue weighted by atomic mass is 10.0. The minimum Gasteiger partial charge on any atom is -0.756 e. The molecule has 0 N–H and O–H groups in total. The first-order valence-corrected chi connectivity index (χ1v) is 31.5. The van der Waals surface area contributed by atoms with Crippen LogP contribution in [0.3, 0.4) is 0 Å². The van der Waals surface area contributed by atoms with Gasteiger partial charge >= 0.3 is 11.9 Å². The highest BCUT2D eigenvalue weighted by atomic mass is 31.2. The number of rotatable bonds is 55. The molecule has 0 aromatic rings. The maximum atomic E-state index is 12.8. The van der Waals surface area contributed by atoms with Crippen LogP contribution in [0.1, 0.15) is 271 Å². The van der Waals surface area contributed by atoms with Crippen LogP contribution in [0.5, 0.6) is 0 Å². The van der Waals surface area contributed by atoms with Crippen molar-refractivity contribution < 1.29 is 42.1 Å². The maximum absolute atomic E-state index is 12.8. The third kappa shape index (κ3) is 57.0. The van der Waals surface area contributed by atoms with Crippen molar-refractivity contribution in [2.24, 2.45) is 0 Å². The van der Waals surface area contributed by atoms with Gasteiger partial charge in [0.15, 0.2) is 6.10 Å². The van der Waals surface area contributed by atoms with E-state index >= 15 is 0 Å². The number of ether oxygens (including phenoxy) is 2. The first-order valence-electron chi connectivity index (χ1n) is 30.0. The summed E-state index contributed by atoms with van der Waals surface area (Å²) in [6.45, 7) is 4.14. The topological polar surface area (TPSA) is 111 Å². The molecule has 0 aliphatic carbocycles. The second-order valence-corrected chi connectivity index (χ2v) is 22.7. The number of quaternary nitrogens is 1. The van der Waals surface area contributed by atoms with Crippen LogP contribution in [0.4, 0.5) is 0 Å². The summed E-state index contributed by atoms with van der Waals surface area (Å²) in [6.07, 6.45) is 68.5. The number of hydrogen-bond donors (Lipinski definition) is 0. The Morgan fingerprint density at radius 1 is 0.444 bits per heavy atom. The fraction of sp³-hybridized carbons (Fsp3) is 0.806. The van der Waals surface area contributed by atoms with Gasteiger partial charge in [-0.3, -0.25) is 14.2 Å². The second-order valence-electron chi connectivity index (χ2n) is 21.3. The molecule has 0 amide bonds. The number of allylic oxidation sites excluding steroid dienone is 10. The van der Waals surface area contributed by atoms with Gasteiger partial charge < -0.3 is 27.9 Å². The molecule has 9 nitrogen and oxygen atoms in total. The van der Waals surface area contributed by atoms with Gasteiger partial charge in [0.05, 0.1) is 27.7 Å². The molecule has 0 aliphatic rings. The molecule has 0 saturated heterocycles. The van der Waals surface area contributed by atoms with E-state index in [1.54, 1.807) is 0 Å². The summed E-state index contributed by atoms with van der Waals surface area (Å²) in [7, 11) is 1.17. The van der Waals surface area contributed by atoms with Gasteiger partial charge in [0.25, 0.3) is 7.82 Å². The fourth-order valence-electron chi connectivity index (χ4n) is 8.41. The minimum absolute atomic E-state index is 0.0315. The normalized spacial score (nSPS) is 13.7. The summed E-state index contributed by atoms with van der Waals surface area (Å²) in [6, 6.07) is 0. The van der Waals surface area contributed by atoms with Gasteiger partial charge in [-0.1, -0.05) is 242 Å². The Bertz CT molecular complexity index is 1400. The predicted molar refractivity (Wildman–Crippen MR) is 305 cm³/mol. The number of esters is 2. The lowest BCUT2D eigenvalue weighted by Crippen LogP contribution is -2.37. The van der Waals surface area contributed by atoms with E-state index in [2.05, 4.69) is 74.6 Å². The largest absolute Gasteiger partial charge is 0.756 e. The summed E-state index contributed by atoms with van der Waals surface area (Å²) in [5, 5.41) is 0. The number of carbonyl (C=O) groups is 2. The summed E-state index contributed by atoms with van der Waals surface area (Å²) >= 11 is 0. The van der Waals surface area contributed by atoms with Crippen molar-refractivity contribution in [2.45, 2.75) is 277 Å². The van der Waals surface area contributed by atoms with E-state index in [1.807, 2.05) is 21.1 Å². The molecule has 0 spiro atoms. The predicted octanol–water partition coefficient (Wildman–Crippen LogP) is 18.1. The van der Waals surface area contributed by atoms with Gasteiger partial charge in [-0.25, -0.2) is 0 Å². The molecule has 0 saturated carbocycles. The summed E-state index contributed by atoms with van der Waals surface area (Å²) < 4.78 is 34.1. The maximum Gasteiger partial charge on any atom is 0.306 e. The van der Waals surface area contributed by atoms with Gasteiger partial charge in [-0.05, 0) is 77.0 Å². The third-order valence-electron chi connectivity index (χ3n) is 13.0. The van der Waals surface area contributed by atoms with Crippen LogP contribution in [0, 0.1) is 0 Å². The number of unbranched alkanes of at least 4 members (excludes halogenated alkanes) is 31. The molecule has 420 valence electrons. The van der Waals surface area contributed by atoms with Crippen molar-refractivity contribution in [1.29, 1.82) is 0 Å². The zero-order valence-corrected chi connectivity index (χ0v) is 48.5. The van der Waals surface area contributed by atoms with Crippen LogP contribution >= 0.6 is 7.82 Å². The molecule has 0 heterocycles. The Kier molecular flexibility index (Phi) is 51.8. The second kappa shape index (κ2) is 53.5. The first-order chi connectivity index (χ1) is 35.0. The zero-order chi connectivity index (χ0) is 52.7. The van der Waals surface area contributed by atoms with Gasteiger partial charge in [-0.15, -0.1) is 0 Å². The Hall–Kier alpha value is -2.29. The summed E-state index contributed by atoms with van der Waals surface area (Å²) in [5.74, 6) is -0.834. The molecule has 0 rings (SSSR count). The average molecular weight is 1030 g/mol. The molecule has 0 fully saturated rings. The molecule has 0 bridgehead atoms. The number of likely N-dealkylation sites (N-methyl/N-ethyl adjacent to an activating group) is 1. The van der Waals surface area contributed by atoms with Crippen molar-refractivity contribution in [3.05, 3.63) is 60.8 Å². The SMILES string of the molecule is CC/C=C\C/C=C\C/C=C\C/C=C\CCCCCCCCCCCCCCCCCCCCCCC(=O)OC(COC(=O)CCCCCCC/C=C\CCCCCCCC)COP(=O)([O-])OCC[N+](C)(C)C. The fourth-order valence-corrected chi connectivity index (χ4v) is 9.14. The average Bonchev–Trinajstić information content (AvgIpc) is 3.34. The van der Waals surface area contributed by atoms with Gasteiger partial charge in [-0.2, -0.15) is 0 Å². The Morgan fingerprint density at radius 2 is 0.792 bits per heavy atom. The van der Waals surface area contributed by atoms with Crippen molar-refractivity contribution >= 4 is 19.8 Å². The van der Waals surface area contributed by atoms with Crippen LogP contribution in [0.25, 0.3) is 0 Å².